The number of aromatic nitrogens is 2. The maximum Gasteiger partial charge on any atom is 0.205 e. The highest BCUT2D eigenvalue weighted by Gasteiger charge is 2.31. The van der Waals surface area contributed by atoms with Gasteiger partial charge in [-0.2, -0.15) is 4.37 Å². The number of nitrogens with zero attached hydrogens (tertiary/aromatic N) is 3. The van der Waals surface area contributed by atoms with Crippen LogP contribution in [0.4, 0.5) is 10.8 Å². The lowest BCUT2D eigenvalue weighted by Gasteiger charge is -2.21. The molecule has 106 valence electrons. The summed E-state index contributed by atoms with van der Waals surface area (Å²) in [5, 5.41) is 1.06. The number of hydrogen-bond donors (Lipinski definition) is 1. The minimum absolute atomic E-state index is 0.634. The van der Waals surface area contributed by atoms with Crippen LogP contribution in [0.2, 0.25) is 0 Å². The van der Waals surface area contributed by atoms with E-state index in [9.17, 15) is 0 Å². The molecule has 1 aromatic heterocycles. The molecule has 2 N–H and O–H groups in total. The third-order valence-corrected chi connectivity index (χ3v) is 4.29. The molecule has 0 aliphatic heterocycles. The van der Waals surface area contributed by atoms with Crippen LogP contribution < -0.4 is 10.6 Å². The van der Waals surface area contributed by atoms with Gasteiger partial charge in [0.25, 0.3) is 0 Å². The molecule has 0 amide bonds. The third-order valence-electron chi connectivity index (χ3n) is 3.50. The average Bonchev–Trinajstić information content (AvgIpc) is 3.18. The summed E-state index contributed by atoms with van der Waals surface area (Å²) in [5.74, 6) is 0.982. The van der Waals surface area contributed by atoms with Gasteiger partial charge < -0.3 is 10.6 Å². The number of hydrogen-bond acceptors (Lipinski definition) is 5. The van der Waals surface area contributed by atoms with Crippen molar-refractivity contribution in [3.05, 3.63) is 35.7 Å². The summed E-state index contributed by atoms with van der Waals surface area (Å²) in [5.41, 5.74) is 7.83. The SMILES string of the molecule is CCCc1nsc(N(Cc2ccc(N)cc2)C2CC2)n1. The van der Waals surface area contributed by atoms with E-state index in [2.05, 4.69) is 33.3 Å². The van der Waals surface area contributed by atoms with E-state index >= 15 is 0 Å². The molecule has 5 heteroatoms. The van der Waals surface area contributed by atoms with Gasteiger partial charge in [0.2, 0.25) is 5.13 Å². The molecule has 1 heterocycles. The largest absolute Gasteiger partial charge is 0.399 e. The van der Waals surface area contributed by atoms with Gasteiger partial charge in [0, 0.05) is 36.2 Å². The van der Waals surface area contributed by atoms with E-state index in [0.29, 0.717) is 6.04 Å². The summed E-state index contributed by atoms with van der Waals surface area (Å²) in [4.78, 5) is 7.08. The summed E-state index contributed by atoms with van der Waals surface area (Å²) in [6, 6.07) is 8.75. The van der Waals surface area contributed by atoms with E-state index in [4.69, 9.17) is 5.73 Å². The molecule has 0 radical (unpaired) electrons. The van der Waals surface area contributed by atoms with E-state index < -0.39 is 0 Å². The molecule has 1 aliphatic carbocycles. The van der Waals surface area contributed by atoms with Crippen molar-refractivity contribution in [2.24, 2.45) is 0 Å². The predicted octanol–water partition coefficient (Wildman–Crippen LogP) is 3.24. The summed E-state index contributed by atoms with van der Waals surface area (Å²) in [6.07, 6.45) is 4.59. The normalized spacial score (nSPS) is 14.4. The Bertz CT molecular complexity index is 560. The van der Waals surface area contributed by atoms with E-state index in [0.717, 1.165) is 36.0 Å². The van der Waals surface area contributed by atoms with Crippen molar-refractivity contribution >= 4 is 22.4 Å². The van der Waals surface area contributed by atoms with E-state index in [1.807, 2.05) is 12.1 Å². The smallest absolute Gasteiger partial charge is 0.205 e. The molecular formula is C15H20N4S. The van der Waals surface area contributed by atoms with Crippen molar-refractivity contribution in [2.45, 2.75) is 45.2 Å². The molecule has 0 spiro atoms. The predicted molar refractivity (Wildman–Crippen MR) is 84.0 cm³/mol. The second-order valence-electron chi connectivity index (χ2n) is 5.34. The van der Waals surface area contributed by atoms with Crippen molar-refractivity contribution in [2.75, 3.05) is 10.6 Å². The molecule has 0 saturated heterocycles. The van der Waals surface area contributed by atoms with Crippen LogP contribution in [-0.2, 0) is 13.0 Å². The van der Waals surface area contributed by atoms with Gasteiger partial charge in [0.15, 0.2) is 0 Å². The second-order valence-corrected chi connectivity index (χ2v) is 6.07. The van der Waals surface area contributed by atoms with Crippen LogP contribution in [0.25, 0.3) is 0 Å². The topological polar surface area (TPSA) is 55.0 Å². The maximum absolute atomic E-state index is 5.74. The fraction of sp³-hybridized carbons (Fsp3) is 0.467. The van der Waals surface area contributed by atoms with Crippen LogP contribution in [0.3, 0.4) is 0 Å². The summed E-state index contributed by atoms with van der Waals surface area (Å²) < 4.78 is 4.46. The second kappa shape index (κ2) is 5.79. The highest BCUT2D eigenvalue weighted by molar-refractivity contribution is 7.09. The van der Waals surface area contributed by atoms with Crippen LogP contribution in [0.15, 0.2) is 24.3 Å². The van der Waals surface area contributed by atoms with Crippen molar-refractivity contribution in [3.63, 3.8) is 0 Å². The van der Waals surface area contributed by atoms with Crippen LogP contribution in [0.1, 0.15) is 37.6 Å². The first kappa shape index (κ1) is 13.4. The van der Waals surface area contributed by atoms with Crippen molar-refractivity contribution < 1.29 is 0 Å². The van der Waals surface area contributed by atoms with Gasteiger partial charge in [-0.3, -0.25) is 0 Å². The molecule has 20 heavy (non-hydrogen) atoms. The van der Waals surface area contributed by atoms with Gasteiger partial charge in [-0.05, 0) is 37.0 Å². The Balaban J connectivity index is 1.76. The molecule has 1 aromatic carbocycles. The third kappa shape index (κ3) is 3.10. The Morgan fingerprint density at radius 3 is 2.70 bits per heavy atom. The van der Waals surface area contributed by atoms with Gasteiger partial charge >= 0.3 is 0 Å². The molecular weight excluding hydrogens is 268 g/mol. The first-order valence-electron chi connectivity index (χ1n) is 7.20. The zero-order chi connectivity index (χ0) is 13.9. The Hall–Kier alpha value is -1.62. The first-order valence-corrected chi connectivity index (χ1v) is 7.97. The molecule has 0 bridgehead atoms. The Kier molecular flexibility index (Phi) is 3.87. The Labute approximate surface area is 123 Å². The van der Waals surface area contributed by atoms with Gasteiger partial charge in [0.05, 0.1) is 0 Å². The standard InChI is InChI=1S/C15H20N4S/c1-2-3-14-17-15(20-18-14)19(13-8-9-13)10-11-4-6-12(16)7-5-11/h4-7,13H,2-3,8-10,16H2,1H3. The molecule has 0 atom stereocenters. The van der Waals surface area contributed by atoms with Gasteiger partial charge in [-0.25, -0.2) is 4.98 Å². The molecule has 3 rings (SSSR count). The number of nitrogens with two attached hydrogens (primary N) is 1. The molecule has 0 unspecified atom stereocenters. The number of nitrogen functional groups attached to an aromatic ring is 1. The molecule has 1 saturated carbocycles. The van der Waals surface area contributed by atoms with Crippen molar-refractivity contribution in [3.8, 4) is 0 Å². The molecule has 1 fully saturated rings. The summed E-state index contributed by atoms with van der Waals surface area (Å²) >= 11 is 1.53. The molecule has 1 aliphatic rings. The van der Waals surface area contributed by atoms with Crippen LogP contribution in [0.5, 0.6) is 0 Å². The highest BCUT2D eigenvalue weighted by Crippen LogP contribution is 2.34. The van der Waals surface area contributed by atoms with Crippen LogP contribution in [0, 0.1) is 0 Å². The minimum atomic E-state index is 0.634. The van der Waals surface area contributed by atoms with E-state index in [1.54, 1.807) is 0 Å². The summed E-state index contributed by atoms with van der Waals surface area (Å²) in [7, 11) is 0. The van der Waals surface area contributed by atoms with Gasteiger partial charge in [-0.1, -0.05) is 19.1 Å². The fourth-order valence-corrected chi connectivity index (χ4v) is 3.03. The molecule has 4 nitrogen and oxygen atoms in total. The quantitative estimate of drug-likeness (QED) is 0.829. The Morgan fingerprint density at radius 2 is 2.05 bits per heavy atom. The van der Waals surface area contributed by atoms with E-state index in [-0.39, 0.29) is 0 Å². The number of rotatable bonds is 6. The van der Waals surface area contributed by atoms with Crippen LogP contribution in [-0.4, -0.2) is 15.4 Å². The zero-order valence-corrected chi connectivity index (χ0v) is 12.6. The first-order chi connectivity index (χ1) is 9.76. The van der Waals surface area contributed by atoms with Crippen molar-refractivity contribution in [1.29, 1.82) is 0 Å². The minimum Gasteiger partial charge on any atom is -0.399 e. The zero-order valence-electron chi connectivity index (χ0n) is 11.7. The number of aryl methyl sites for hydroxylation is 1. The number of anilines is 2. The average molecular weight is 288 g/mol. The lowest BCUT2D eigenvalue weighted by atomic mass is 10.2. The monoisotopic (exact) mass is 288 g/mol. The van der Waals surface area contributed by atoms with E-state index in [1.165, 1.54) is 29.9 Å². The van der Waals surface area contributed by atoms with Crippen molar-refractivity contribution in [1.82, 2.24) is 9.36 Å². The van der Waals surface area contributed by atoms with Gasteiger partial charge in [0.1, 0.15) is 5.82 Å². The highest BCUT2D eigenvalue weighted by atomic mass is 32.1. The lowest BCUT2D eigenvalue weighted by Crippen LogP contribution is -2.24. The lowest BCUT2D eigenvalue weighted by molar-refractivity contribution is 0.780. The Morgan fingerprint density at radius 1 is 1.30 bits per heavy atom. The fourth-order valence-electron chi connectivity index (χ4n) is 2.25. The summed E-state index contributed by atoms with van der Waals surface area (Å²) in [6.45, 7) is 3.05. The maximum atomic E-state index is 5.74. The van der Waals surface area contributed by atoms with Crippen LogP contribution >= 0.6 is 11.5 Å². The van der Waals surface area contributed by atoms with Gasteiger partial charge in [-0.15, -0.1) is 0 Å². The number of benzene rings is 1. The molecule has 2 aromatic rings.